The van der Waals surface area contributed by atoms with Crippen molar-refractivity contribution in [2.75, 3.05) is 5.73 Å². The molecular weight excluding hydrogens is 178 g/mol. The Kier molecular flexibility index (Phi) is 1.28. The smallest absolute Gasteiger partial charge is 0.277 e. The molecule has 2 aromatic heterocycles. The van der Waals surface area contributed by atoms with Crippen LogP contribution in [0.15, 0.2) is 11.1 Å². The van der Waals surface area contributed by atoms with Gasteiger partial charge in [-0.1, -0.05) is 0 Å². The lowest BCUT2D eigenvalue weighted by molar-refractivity contribution is 1.17. The van der Waals surface area contributed by atoms with Gasteiger partial charge in [-0.05, 0) is 0 Å². The molecule has 7 heteroatoms. The molecule has 0 aliphatic rings. The fourth-order valence-electron chi connectivity index (χ4n) is 0.926. The second-order valence-electron chi connectivity index (χ2n) is 2.19. The van der Waals surface area contributed by atoms with Crippen LogP contribution in [-0.4, -0.2) is 18.9 Å². The first-order valence-corrected chi connectivity index (χ1v) is 3.45. The van der Waals surface area contributed by atoms with Crippen molar-refractivity contribution >= 4 is 29.9 Å². The molecule has 2 rings (SSSR count). The number of hydrogen-bond donors (Lipinski definition) is 2. The van der Waals surface area contributed by atoms with Crippen molar-refractivity contribution in [3.63, 3.8) is 0 Å². The molecule has 0 spiro atoms. The first-order valence-electron chi connectivity index (χ1n) is 3.09. The van der Waals surface area contributed by atoms with Crippen LogP contribution in [0.1, 0.15) is 0 Å². The molecule has 0 aliphatic heterocycles. The summed E-state index contributed by atoms with van der Waals surface area (Å²) in [6.45, 7) is 0. The van der Waals surface area contributed by atoms with Gasteiger partial charge in [-0.3, -0.25) is 9.78 Å². The Balaban J connectivity index is 3.03. The largest absolute Gasteiger partial charge is 0.686 e. The Morgan fingerprint density at radius 1 is 1.67 bits per heavy atom. The van der Waals surface area contributed by atoms with E-state index in [0.717, 1.165) is 0 Å². The quantitative estimate of drug-likeness (QED) is 0.511. The molecule has 0 bridgehead atoms. The normalized spacial score (nSPS) is 10.7. The van der Waals surface area contributed by atoms with E-state index in [-0.39, 0.29) is 22.7 Å². The maximum absolute atomic E-state index is 11.2. The van der Waals surface area contributed by atoms with Gasteiger partial charge in [0.05, 0.1) is 6.33 Å². The van der Waals surface area contributed by atoms with E-state index in [9.17, 15) is 4.79 Å². The highest BCUT2D eigenvalue weighted by Crippen LogP contribution is 2.02. The predicted octanol–water partition coefficient (Wildman–Crippen LogP) is -0.988. The third-order valence-electron chi connectivity index (χ3n) is 1.40. The maximum atomic E-state index is 11.2. The number of fused-ring (bicyclic) bond motifs is 1. The highest BCUT2D eigenvalue weighted by atomic mass is 32.1. The Morgan fingerprint density at radius 3 is 3.17 bits per heavy atom. The number of rotatable bonds is 0. The number of anilines is 1. The van der Waals surface area contributed by atoms with Gasteiger partial charge in [0, 0.05) is 0 Å². The van der Waals surface area contributed by atoms with Crippen LogP contribution >= 0.6 is 0 Å². The summed E-state index contributed by atoms with van der Waals surface area (Å²) in [5.41, 5.74) is 5.43. The first-order chi connectivity index (χ1) is 5.68. The summed E-state index contributed by atoms with van der Waals surface area (Å²) >= 11 is 4.77. The number of H-pyrrole nitrogens is 1. The van der Waals surface area contributed by atoms with Crippen LogP contribution < -0.4 is 11.3 Å². The van der Waals surface area contributed by atoms with Crippen molar-refractivity contribution < 1.29 is 0 Å². The molecule has 6 nitrogen and oxygen atoms in total. The lowest BCUT2D eigenvalue weighted by Crippen LogP contribution is -2.12. The number of hydrogen-bond acceptors (Lipinski definition) is 5. The monoisotopic (exact) mass is 182 g/mol. The molecule has 12 heavy (non-hydrogen) atoms. The standard InChI is InChI=1S/C5H4N5OS/c6-5-8-3-2(4(11)9-5)10(12)1-7-3/h1H,(H3,6,8,9,11)/q-1. The van der Waals surface area contributed by atoms with Crippen LogP contribution in [0.2, 0.25) is 0 Å². The molecule has 0 radical (unpaired) electrons. The average Bonchev–Trinajstić information content (AvgIpc) is 2.31. The van der Waals surface area contributed by atoms with Crippen LogP contribution in [0.3, 0.4) is 0 Å². The summed E-state index contributed by atoms with van der Waals surface area (Å²) in [6, 6.07) is 0. The van der Waals surface area contributed by atoms with Crippen molar-refractivity contribution in [3.8, 4) is 0 Å². The molecule has 0 unspecified atom stereocenters. The topological polar surface area (TPSA) is 89.6 Å². The van der Waals surface area contributed by atoms with Gasteiger partial charge in [-0.2, -0.15) is 4.98 Å². The molecular formula is C5H4N5OS-. The number of nitrogens with two attached hydrogens (primary N) is 1. The number of aromatic nitrogens is 4. The number of imidazole rings is 1. The van der Waals surface area contributed by atoms with Gasteiger partial charge >= 0.3 is 0 Å². The third kappa shape index (κ3) is 0.832. The van der Waals surface area contributed by atoms with Gasteiger partial charge in [0.2, 0.25) is 5.95 Å². The van der Waals surface area contributed by atoms with Crippen LogP contribution in [0.4, 0.5) is 5.95 Å². The van der Waals surface area contributed by atoms with E-state index in [1.807, 2.05) is 0 Å². The van der Waals surface area contributed by atoms with Crippen molar-refractivity contribution in [1.82, 2.24) is 18.9 Å². The van der Waals surface area contributed by atoms with Gasteiger partial charge in [0.1, 0.15) is 5.52 Å². The summed E-state index contributed by atoms with van der Waals surface area (Å²) in [6.07, 6.45) is 1.34. The summed E-state index contributed by atoms with van der Waals surface area (Å²) < 4.78 is 1.18. The van der Waals surface area contributed by atoms with Crippen molar-refractivity contribution in [3.05, 3.63) is 16.7 Å². The number of aromatic amines is 1. The van der Waals surface area contributed by atoms with Crippen molar-refractivity contribution in [1.29, 1.82) is 0 Å². The molecule has 2 aromatic rings. The molecule has 0 amide bonds. The van der Waals surface area contributed by atoms with E-state index in [4.69, 9.17) is 18.5 Å². The maximum Gasteiger partial charge on any atom is 0.277 e. The van der Waals surface area contributed by atoms with Crippen LogP contribution in [0.25, 0.3) is 11.2 Å². The van der Waals surface area contributed by atoms with Gasteiger partial charge in [0.15, 0.2) is 5.65 Å². The van der Waals surface area contributed by atoms with Gasteiger partial charge < -0.3 is 22.5 Å². The van der Waals surface area contributed by atoms with Crippen LogP contribution in [0, 0.1) is 0 Å². The van der Waals surface area contributed by atoms with Crippen molar-refractivity contribution in [2.45, 2.75) is 0 Å². The molecule has 0 fully saturated rings. The number of nitrogen functional groups attached to an aromatic ring is 1. The predicted molar refractivity (Wildman–Crippen MR) is 45.3 cm³/mol. The van der Waals surface area contributed by atoms with Gasteiger partial charge in [0.25, 0.3) is 5.56 Å². The Bertz CT molecular complexity index is 486. The number of nitrogens with zero attached hydrogens (tertiary/aromatic N) is 3. The van der Waals surface area contributed by atoms with Crippen LogP contribution in [-0.2, 0) is 12.8 Å². The minimum atomic E-state index is -0.370. The Morgan fingerprint density at radius 2 is 2.42 bits per heavy atom. The van der Waals surface area contributed by atoms with Gasteiger partial charge in [-0.15, -0.1) is 0 Å². The number of nitrogens with one attached hydrogen (secondary N) is 1. The average molecular weight is 182 g/mol. The first kappa shape index (κ1) is 7.04. The van der Waals surface area contributed by atoms with E-state index in [0.29, 0.717) is 0 Å². The molecule has 62 valence electrons. The lowest BCUT2D eigenvalue weighted by atomic mass is 10.5. The minimum Gasteiger partial charge on any atom is -0.686 e. The van der Waals surface area contributed by atoms with E-state index >= 15 is 0 Å². The highest BCUT2D eigenvalue weighted by molar-refractivity contribution is 7.57. The van der Waals surface area contributed by atoms with E-state index in [1.54, 1.807) is 0 Å². The molecule has 0 aromatic carbocycles. The van der Waals surface area contributed by atoms with E-state index < -0.39 is 0 Å². The molecule has 0 aliphatic carbocycles. The molecule has 2 heterocycles. The third-order valence-corrected chi connectivity index (χ3v) is 1.68. The summed E-state index contributed by atoms with van der Waals surface area (Å²) in [5.74, 6) is 0.0428. The minimum absolute atomic E-state index is 0.0428. The molecule has 0 saturated heterocycles. The summed E-state index contributed by atoms with van der Waals surface area (Å²) in [5, 5.41) is 0. The molecule has 0 saturated carbocycles. The lowest BCUT2D eigenvalue weighted by Gasteiger charge is -2.04. The fourth-order valence-corrected chi connectivity index (χ4v) is 1.14. The Hall–Kier alpha value is -1.63. The Labute approximate surface area is 72.0 Å². The fraction of sp³-hybridized carbons (Fsp3) is 0. The molecule has 0 atom stereocenters. The molecule has 3 N–H and O–H groups in total. The van der Waals surface area contributed by atoms with E-state index in [1.165, 1.54) is 10.3 Å². The summed E-state index contributed by atoms with van der Waals surface area (Å²) in [7, 11) is 0. The second kappa shape index (κ2) is 2.18. The zero-order valence-electron chi connectivity index (χ0n) is 5.81. The highest BCUT2D eigenvalue weighted by Gasteiger charge is 2.02. The zero-order valence-corrected chi connectivity index (χ0v) is 6.63. The van der Waals surface area contributed by atoms with Gasteiger partial charge in [-0.25, -0.2) is 4.98 Å². The second-order valence-corrected chi connectivity index (χ2v) is 2.59. The van der Waals surface area contributed by atoms with Crippen LogP contribution in [0.5, 0.6) is 0 Å². The SMILES string of the molecule is Nc1nc2ncn([S-])c2c(=O)[nH]1. The zero-order chi connectivity index (χ0) is 8.72. The van der Waals surface area contributed by atoms with Crippen molar-refractivity contribution in [2.24, 2.45) is 0 Å². The van der Waals surface area contributed by atoms with E-state index in [2.05, 4.69) is 15.0 Å². The summed E-state index contributed by atoms with van der Waals surface area (Å²) in [4.78, 5) is 21.1.